The molecule has 2 rings (SSSR count). The number of aromatic amines is 1. The number of ether oxygens (including phenoxy) is 1. The first-order chi connectivity index (χ1) is 8.54. The number of carboxylic acid groups (broad SMARTS) is 1. The number of H-pyrrole nitrogens is 1. The number of carbonyl (C=O) groups is 1. The van der Waals surface area contributed by atoms with Crippen LogP contribution in [0.3, 0.4) is 0 Å². The number of carboxylic acids is 1. The highest BCUT2D eigenvalue weighted by atomic mass is 79.9. The van der Waals surface area contributed by atoms with Crippen LogP contribution in [-0.2, 0) is 0 Å². The quantitative estimate of drug-likeness (QED) is 0.914. The summed E-state index contributed by atoms with van der Waals surface area (Å²) in [5, 5.41) is 15.4. The Morgan fingerprint density at radius 3 is 2.78 bits per heavy atom. The molecule has 2 N–H and O–H groups in total. The molecule has 1 aromatic heterocycles. The van der Waals surface area contributed by atoms with Crippen molar-refractivity contribution in [1.29, 1.82) is 0 Å². The van der Waals surface area contributed by atoms with Crippen molar-refractivity contribution in [1.82, 2.24) is 10.2 Å². The number of aromatic nitrogens is 2. The van der Waals surface area contributed by atoms with Crippen molar-refractivity contribution in [2.75, 3.05) is 7.11 Å². The second-order valence-corrected chi connectivity index (χ2v) is 4.54. The monoisotopic (exact) mass is 310 g/mol. The Labute approximate surface area is 112 Å². The van der Waals surface area contributed by atoms with Gasteiger partial charge in [0.15, 0.2) is 0 Å². The van der Waals surface area contributed by atoms with Crippen molar-refractivity contribution in [3.05, 3.63) is 33.9 Å². The van der Waals surface area contributed by atoms with Gasteiger partial charge in [0.25, 0.3) is 0 Å². The van der Waals surface area contributed by atoms with Crippen LogP contribution in [-0.4, -0.2) is 28.4 Å². The first kappa shape index (κ1) is 12.6. The molecule has 0 amide bonds. The Kier molecular flexibility index (Phi) is 3.38. The van der Waals surface area contributed by atoms with Crippen LogP contribution in [0.2, 0.25) is 0 Å². The molecule has 0 saturated carbocycles. The second kappa shape index (κ2) is 4.81. The zero-order valence-electron chi connectivity index (χ0n) is 9.82. The number of hydrogen-bond acceptors (Lipinski definition) is 3. The van der Waals surface area contributed by atoms with Crippen molar-refractivity contribution < 1.29 is 14.6 Å². The molecule has 0 aliphatic heterocycles. The summed E-state index contributed by atoms with van der Waals surface area (Å²) >= 11 is 3.45. The maximum absolute atomic E-state index is 10.8. The number of hydrogen-bond donors (Lipinski definition) is 2. The van der Waals surface area contributed by atoms with Gasteiger partial charge in [-0.15, -0.1) is 0 Å². The Balaban J connectivity index is 2.58. The van der Waals surface area contributed by atoms with Crippen LogP contribution in [0.4, 0.5) is 0 Å². The number of rotatable bonds is 3. The lowest BCUT2D eigenvalue weighted by Gasteiger charge is -2.09. The molecular weight excluding hydrogens is 300 g/mol. The molecule has 6 heteroatoms. The average Bonchev–Trinajstić information content (AvgIpc) is 2.79. The zero-order chi connectivity index (χ0) is 13.3. The van der Waals surface area contributed by atoms with Crippen LogP contribution >= 0.6 is 15.9 Å². The van der Waals surface area contributed by atoms with E-state index in [-0.39, 0.29) is 5.69 Å². The maximum atomic E-state index is 10.8. The first-order valence-electron chi connectivity index (χ1n) is 5.16. The number of aromatic carboxylic acids is 1. The molecule has 0 saturated heterocycles. The fourth-order valence-electron chi connectivity index (χ4n) is 1.68. The molecule has 0 spiro atoms. The fourth-order valence-corrected chi connectivity index (χ4v) is 2.49. The van der Waals surface area contributed by atoms with E-state index in [1.165, 1.54) is 6.07 Å². The number of nitrogens with zero attached hydrogens (tertiary/aromatic N) is 1. The Bertz CT molecular complexity index is 607. The highest BCUT2D eigenvalue weighted by Crippen LogP contribution is 2.37. The van der Waals surface area contributed by atoms with Crippen molar-refractivity contribution in [3.8, 4) is 17.0 Å². The first-order valence-corrected chi connectivity index (χ1v) is 5.96. The van der Waals surface area contributed by atoms with Crippen molar-refractivity contribution in [2.45, 2.75) is 6.92 Å². The Hall–Kier alpha value is -1.82. The lowest BCUT2D eigenvalue weighted by atomic mass is 10.1. The van der Waals surface area contributed by atoms with E-state index in [1.54, 1.807) is 7.11 Å². The van der Waals surface area contributed by atoms with Crippen LogP contribution in [0.5, 0.6) is 5.75 Å². The van der Waals surface area contributed by atoms with E-state index in [0.29, 0.717) is 11.4 Å². The molecule has 18 heavy (non-hydrogen) atoms. The highest BCUT2D eigenvalue weighted by molar-refractivity contribution is 9.10. The molecule has 1 aromatic carbocycles. The van der Waals surface area contributed by atoms with Gasteiger partial charge in [0.05, 0.1) is 17.3 Å². The SMILES string of the molecule is COc1ccc(C)c(-c2cc(C(=O)O)[nH]n2)c1Br. The van der Waals surface area contributed by atoms with Crippen LogP contribution in [0.15, 0.2) is 22.7 Å². The second-order valence-electron chi connectivity index (χ2n) is 3.75. The van der Waals surface area contributed by atoms with Crippen LogP contribution in [0.25, 0.3) is 11.3 Å². The van der Waals surface area contributed by atoms with E-state index in [1.807, 2.05) is 19.1 Å². The zero-order valence-corrected chi connectivity index (χ0v) is 11.4. The third kappa shape index (κ3) is 2.11. The topological polar surface area (TPSA) is 75.2 Å². The number of nitrogens with one attached hydrogen (secondary N) is 1. The lowest BCUT2D eigenvalue weighted by Crippen LogP contribution is -1.95. The molecular formula is C12H11BrN2O3. The van der Waals surface area contributed by atoms with Crippen molar-refractivity contribution in [3.63, 3.8) is 0 Å². The molecule has 94 valence electrons. The summed E-state index contributed by atoms with van der Waals surface area (Å²) in [6.07, 6.45) is 0. The molecule has 2 aromatic rings. The van der Waals surface area contributed by atoms with Crippen molar-refractivity contribution in [2.24, 2.45) is 0 Å². The molecule has 1 heterocycles. The molecule has 5 nitrogen and oxygen atoms in total. The van der Waals surface area contributed by atoms with Crippen LogP contribution in [0, 0.1) is 6.92 Å². The van der Waals surface area contributed by atoms with E-state index in [0.717, 1.165) is 15.6 Å². The summed E-state index contributed by atoms with van der Waals surface area (Å²) < 4.78 is 5.97. The minimum absolute atomic E-state index is 0.0547. The Morgan fingerprint density at radius 1 is 1.50 bits per heavy atom. The molecule has 0 bridgehead atoms. The van der Waals surface area contributed by atoms with E-state index in [2.05, 4.69) is 26.1 Å². The minimum atomic E-state index is -1.04. The van der Waals surface area contributed by atoms with Gasteiger partial charge in [0, 0.05) is 5.56 Å². The predicted molar refractivity (Wildman–Crippen MR) is 70.0 cm³/mol. The van der Waals surface area contributed by atoms with E-state index >= 15 is 0 Å². The van der Waals surface area contributed by atoms with Gasteiger partial charge < -0.3 is 9.84 Å². The largest absolute Gasteiger partial charge is 0.496 e. The Morgan fingerprint density at radius 2 is 2.22 bits per heavy atom. The summed E-state index contributed by atoms with van der Waals surface area (Å²) in [7, 11) is 1.58. The number of methoxy groups -OCH3 is 1. The van der Waals surface area contributed by atoms with Gasteiger partial charge in [-0.2, -0.15) is 5.10 Å². The minimum Gasteiger partial charge on any atom is -0.496 e. The fraction of sp³-hybridized carbons (Fsp3) is 0.167. The smallest absolute Gasteiger partial charge is 0.353 e. The standard InChI is InChI=1S/C12H11BrN2O3/c1-6-3-4-9(18-2)11(13)10(6)7-5-8(12(16)17)15-14-7/h3-5H,1-2H3,(H,14,15)(H,16,17). The van der Waals surface area contributed by atoms with E-state index in [4.69, 9.17) is 9.84 Å². The summed E-state index contributed by atoms with van der Waals surface area (Å²) in [6.45, 7) is 1.93. The van der Waals surface area contributed by atoms with Gasteiger partial charge in [-0.1, -0.05) is 6.07 Å². The summed E-state index contributed by atoms with van der Waals surface area (Å²) in [4.78, 5) is 10.8. The number of benzene rings is 1. The molecule has 0 atom stereocenters. The van der Waals surface area contributed by atoms with Gasteiger partial charge in [-0.05, 0) is 40.5 Å². The van der Waals surface area contributed by atoms with Gasteiger partial charge in [-0.25, -0.2) is 4.79 Å². The van der Waals surface area contributed by atoms with Gasteiger partial charge >= 0.3 is 5.97 Å². The van der Waals surface area contributed by atoms with Gasteiger partial charge in [-0.3, -0.25) is 5.10 Å². The van der Waals surface area contributed by atoms with Crippen LogP contribution in [0.1, 0.15) is 16.1 Å². The molecule has 0 unspecified atom stereocenters. The predicted octanol–water partition coefficient (Wildman–Crippen LogP) is 2.85. The van der Waals surface area contributed by atoms with Gasteiger partial charge in [0.2, 0.25) is 0 Å². The molecule has 0 aliphatic rings. The van der Waals surface area contributed by atoms with E-state index < -0.39 is 5.97 Å². The lowest BCUT2D eigenvalue weighted by molar-refractivity contribution is 0.0690. The highest BCUT2D eigenvalue weighted by Gasteiger charge is 2.16. The number of halogens is 1. The third-order valence-electron chi connectivity index (χ3n) is 2.60. The number of aryl methyl sites for hydroxylation is 1. The summed E-state index contributed by atoms with van der Waals surface area (Å²) in [6, 6.07) is 5.23. The molecule has 0 fully saturated rings. The van der Waals surface area contributed by atoms with Crippen molar-refractivity contribution >= 4 is 21.9 Å². The summed E-state index contributed by atoms with van der Waals surface area (Å²) in [5.41, 5.74) is 2.42. The molecule has 0 radical (unpaired) electrons. The normalized spacial score (nSPS) is 10.4. The maximum Gasteiger partial charge on any atom is 0.353 e. The summed E-state index contributed by atoms with van der Waals surface area (Å²) in [5.74, 6) is -0.360. The third-order valence-corrected chi connectivity index (χ3v) is 3.39. The van der Waals surface area contributed by atoms with Gasteiger partial charge in [0.1, 0.15) is 11.4 Å². The van der Waals surface area contributed by atoms with E-state index in [9.17, 15) is 4.79 Å². The average molecular weight is 311 g/mol. The van der Waals surface area contributed by atoms with Crippen LogP contribution < -0.4 is 4.74 Å². The molecule has 0 aliphatic carbocycles.